The van der Waals surface area contributed by atoms with Gasteiger partial charge in [-0.3, -0.25) is 14.5 Å². The van der Waals surface area contributed by atoms with Crippen molar-refractivity contribution in [1.82, 2.24) is 4.90 Å². The van der Waals surface area contributed by atoms with Gasteiger partial charge >= 0.3 is 0 Å². The number of halogens is 1. The first-order valence-corrected chi connectivity index (χ1v) is 12.8. The van der Waals surface area contributed by atoms with Gasteiger partial charge in [0.15, 0.2) is 9.84 Å². The number of nitrogens with zero attached hydrogens (tertiary/aromatic N) is 2. The third-order valence-corrected chi connectivity index (χ3v) is 7.86. The van der Waals surface area contributed by atoms with E-state index in [9.17, 15) is 23.3 Å². The molecule has 2 aromatic carbocycles. The van der Waals surface area contributed by atoms with E-state index in [0.29, 0.717) is 22.9 Å². The van der Waals surface area contributed by atoms with Crippen LogP contribution < -0.4 is 4.74 Å². The van der Waals surface area contributed by atoms with Gasteiger partial charge in [0.05, 0.1) is 17.5 Å². The van der Waals surface area contributed by atoms with E-state index in [1.165, 1.54) is 0 Å². The van der Waals surface area contributed by atoms with E-state index in [2.05, 4.69) is 0 Å². The average molecular weight is 497 g/mol. The SMILES string of the molecule is CC1=C(C#N)C(=O)N([C@H]2CCS(=O)(=O)C2)C(=O)/C1=C\c1ccc(OCc2ccc(Cl)cc2)cc1. The summed E-state index contributed by atoms with van der Waals surface area (Å²) in [7, 11) is -3.32. The normalized spacial score (nSPS) is 21.1. The zero-order valence-electron chi connectivity index (χ0n) is 18.3. The second-order valence-electron chi connectivity index (χ2n) is 8.19. The summed E-state index contributed by atoms with van der Waals surface area (Å²) >= 11 is 5.89. The van der Waals surface area contributed by atoms with E-state index in [1.54, 1.807) is 49.4 Å². The Morgan fingerprint density at radius 1 is 1.12 bits per heavy atom. The molecule has 1 saturated heterocycles. The minimum atomic E-state index is -3.32. The van der Waals surface area contributed by atoms with Crippen LogP contribution in [0, 0.1) is 11.3 Å². The van der Waals surface area contributed by atoms with Gasteiger partial charge in [-0.05, 0) is 60.4 Å². The molecule has 0 N–H and O–H groups in total. The summed E-state index contributed by atoms with van der Waals surface area (Å²) in [6, 6.07) is 15.5. The Morgan fingerprint density at radius 2 is 1.79 bits per heavy atom. The summed E-state index contributed by atoms with van der Waals surface area (Å²) in [5.41, 5.74) is 1.95. The predicted octanol–water partition coefficient (Wildman–Crippen LogP) is 3.70. The number of benzene rings is 2. The lowest BCUT2D eigenvalue weighted by Gasteiger charge is -2.31. The first-order valence-electron chi connectivity index (χ1n) is 10.6. The van der Waals surface area contributed by atoms with Crippen LogP contribution in [0.3, 0.4) is 0 Å². The van der Waals surface area contributed by atoms with Crippen LogP contribution in [-0.4, -0.2) is 42.7 Å². The number of sulfone groups is 1. The van der Waals surface area contributed by atoms with Crippen molar-refractivity contribution in [1.29, 1.82) is 5.26 Å². The molecule has 1 fully saturated rings. The van der Waals surface area contributed by atoms with Crippen LogP contribution in [0.5, 0.6) is 5.75 Å². The van der Waals surface area contributed by atoms with Crippen LogP contribution in [0.4, 0.5) is 0 Å². The molecule has 0 aromatic heterocycles. The van der Waals surface area contributed by atoms with Gasteiger partial charge in [-0.2, -0.15) is 5.26 Å². The molecule has 9 heteroatoms. The first-order chi connectivity index (χ1) is 16.2. The number of carbonyl (C=O) groups is 2. The lowest BCUT2D eigenvalue weighted by molar-refractivity contribution is -0.142. The van der Waals surface area contributed by atoms with Gasteiger partial charge in [0.1, 0.15) is 24.0 Å². The molecule has 0 unspecified atom stereocenters. The van der Waals surface area contributed by atoms with Crippen molar-refractivity contribution in [2.75, 3.05) is 11.5 Å². The highest BCUT2D eigenvalue weighted by molar-refractivity contribution is 7.91. The van der Waals surface area contributed by atoms with Crippen LogP contribution in [0.25, 0.3) is 6.08 Å². The van der Waals surface area contributed by atoms with E-state index >= 15 is 0 Å². The Kier molecular flexibility index (Phi) is 6.60. The fourth-order valence-electron chi connectivity index (χ4n) is 3.98. The van der Waals surface area contributed by atoms with Crippen LogP contribution in [0.1, 0.15) is 24.5 Å². The van der Waals surface area contributed by atoms with Crippen LogP contribution in [0.15, 0.2) is 65.3 Å². The highest BCUT2D eigenvalue weighted by atomic mass is 35.5. The molecular weight excluding hydrogens is 476 g/mol. The number of hydrogen-bond acceptors (Lipinski definition) is 6. The third kappa shape index (κ3) is 4.91. The van der Waals surface area contributed by atoms with Gasteiger partial charge in [0.25, 0.3) is 11.8 Å². The maximum absolute atomic E-state index is 13.2. The molecule has 2 heterocycles. The average Bonchev–Trinajstić information content (AvgIpc) is 3.16. The van der Waals surface area contributed by atoms with Crippen molar-refractivity contribution in [3.05, 3.63) is 81.4 Å². The molecule has 1 atom stereocenters. The monoisotopic (exact) mass is 496 g/mol. The van der Waals surface area contributed by atoms with Crippen molar-refractivity contribution in [2.24, 2.45) is 0 Å². The molecule has 4 rings (SSSR count). The van der Waals surface area contributed by atoms with Crippen LogP contribution in [-0.2, 0) is 26.0 Å². The molecule has 34 heavy (non-hydrogen) atoms. The standard InChI is InChI=1S/C25H21ClN2O5S/c1-16-22(24(29)28(25(30)23(16)13-27)20-10-11-34(31,32)15-20)12-17-4-8-21(9-5-17)33-14-18-2-6-19(26)7-3-18/h2-9,12,20H,10-11,14-15H2,1H3/b22-12-/t20-/m0/s1. The second kappa shape index (κ2) is 9.45. The minimum Gasteiger partial charge on any atom is -0.489 e. The third-order valence-electron chi connectivity index (χ3n) is 5.86. The molecule has 174 valence electrons. The van der Waals surface area contributed by atoms with E-state index in [0.717, 1.165) is 10.5 Å². The molecule has 2 aromatic rings. The molecule has 2 aliphatic rings. The predicted molar refractivity (Wildman–Crippen MR) is 127 cm³/mol. The topological polar surface area (TPSA) is 105 Å². The molecule has 0 spiro atoms. The highest BCUT2D eigenvalue weighted by Crippen LogP contribution is 2.31. The Balaban J connectivity index is 1.57. The summed E-state index contributed by atoms with van der Waals surface area (Å²) in [5, 5.41) is 10.2. The van der Waals surface area contributed by atoms with Gasteiger partial charge < -0.3 is 4.74 Å². The fourth-order valence-corrected chi connectivity index (χ4v) is 5.81. The molecule has 0 aliphatic carbocycles. The molecule has 7 nitrogen and oxygen atoms in total. The first kappa shape index (κ1) is 23.7. The minimum absolute atomic E-state index is 0.0875. The summed E-state index contributed by atoms with van der Waals surface area (Å²) in [4.78, 5) is 27.0. The van der Waals surface area contributed by atoms with E-state index in [-0.39, 0.29) is 34.6 Å². The summed E-state index contributed by atoms with van der Waals surface area (Å²) in [6.45, 7) is 1.91. The molecule has 2 aliphatic heterocycles. The zero-order chi connectivity index (χ0) is 24.5. The Labute approximate surface area is 202 Å². The van der Waals surface area contributed by atoms with Crippen LogP contribution >= 0.6 is 11.6 Å². The van der Waals surface area contributed by atoms with Crippen molar-refractivity contribution in [3.63, 3.8) is 0 Å². The molecular formula is C25H21ClN2O5S. The largest absolute Gasteiger partial charge is 0.489 e. The van der Waals surface area contributed by atoms with Gasteiger partial charge in [-0.1, -0.05) is 35.9 Å². The van der Waals surface area contributed by atoms with Crippen molar-refractivity contribution < 1.29 is 22.7 Å². The Bertz CT molecular complexity index is 1350. The van der Waals surface area contributed by atoms with Crippen molar-refractivity contribution >= 4 is 39.3 Å². The number of hydrogen-bond donors (Lipinski definition) is 0. The lowest BCUT2D eigenvalue weighted by Crippen LogP contribution is -2.49. The Hall–Kier alpha value is -3.41. The second-order valence-corrected chi connectivity index (χ2v) is 10.9. The molecule has 0 bridgehead atoms. The molecule has 0 radical (unpaired) electrons. The summed E-state index contributed by atoms with van der Waals surface area (Å²) in [5.74, 6) is -1.07. The van der Waals surface area contributed by atoms with Gasteiger partial charge in [0.2, 0.25) is 0 Å². The quantitative estimate of drug-likeness (QED) is 0.461. The summed E-state index contributed by atoms with van der Waals surface area (Å²) in [6.07, 6.45) is 1.77. The van der Waals surface area contributed by atoms with Crippen LogP contribution in [0.2, 0.25) is 5.02 Å². The number of amides is 2. The molecule has 0 saturated carbocycles. The van der Waals surface area contributed by atoms with Gasteiger partial charge in [-0.25, -0.2) is 8.42 Å². The van der Waals surface area contributed by atoms with Gasteiger partial charge in [-0.15, -0.1) is 0 Å². The highest BCUT2D eigenvalue weighted by Gasteiger charge is 2.43. The van der Waals surface area contributed by atoms with E-state index in [4.69, 9.17) is 16.3 Å². The smallest absolute Gasteiger partial charge is 0.271 e. The number of carbonyl (C=O) groups excluding carboxylic acids is 2. The number of imide groups is 1. The van der Waals surface area contributed by atoms with Crippen molar-refractivity contribution in [3.8, 4) is 11.8 Å². The number of ether oxygens (including phenoxy) is 1. The maximum atomic E-state index is 13.2. The Morgan fingerprint density at radius 3 is 2.38 bits per heavy atom. The van der Waals surface area contributed by atoms with E-state index in [1.807, 2.05) is 18.2 Å². The summed E-state index contributed by atoms with van der Waals surface area (Å²) < 4.78 is 29.6. The van der Waals surface area contributed by atoms with Crippen molar-refractivity contribution in [2.45, 2.75) is 26.0 Å². The number of rotatable bonds is 5. The lowest BCUT2D eigenvalue weighted by atomic mass is 9.92. The maximum Gasteiger partial charge on any atom is 0.271 e. The zero-order valence-corrected chi connectivity index (χ0v) is 19.9. The van der Waals surface area contributed by atoms with Gasteiger partial charge in [0, 0.05) is 10.6 Å². The van der Waals surface area contributed by atoms with E-state index < -0.39 is 27.7 Å². The fraction of sp³-hybridized carbons (Fsp3) is 0.240. The number of nitriles is 1. The molecule has 2 amide bonds.